The molecule has 0 saturated carbocycles. The first-order valence-electron chi connectivity index (χ1n) is 8.27. The van der Waals surface area contributed by atoms with Crippen LogP contribution in [-0.4, -0.2) is 67.8 Å². The van der Waals surface area contributed by atoms with Crippen LogP contribution < -0.4 is 10.6 Å². The van der Waals surface area contributed by atoms with Crippen LogP contribution in [0.5, 0.6) is 0 Å². The maximum atomic E-state index is 12.2. The largest absolute Gasteiger partial charge is 0.444 e. The Kier molecular flexibility index (Phi) is 7.97. The van der Waals surface area contributed by atoms with E-state index in [9.17, 15) is 14.4 Å². The van der Waals surface area contributed by atoms with Crippen LogP contribution in [0.4, 0.5) is 4.79 Å². The molecule has 1 aliphatic heterocycles. The zero-order valence-corrected chi connectivity index (χ0v) is 15.0. The highest BCUT2D eigenvalue weighted by Gasteiger charge is 2.26. The Morgan fingerprint density at radius 1 is 1.33 bits per heavy atom. The zero-order chi connectivity index (χ0) is 18.2. The van der Waals surface area contributed by atoms with Gasteiger partial charge in [0, 0.05) is 20.2 Å². The van der Waals surface area contributed by atoms with E-state index >= 15 is 0 Å². The van der Waals surface area contributed by atoms with Gasteiger partial charge < -0.3 is 20.1 Å². The minimum Gasteiger partial charge on any atom is -0.444 e. The van der Waals surface area contributed by atoms with Gasteiger partial charge in [-0.25, -0.2) is 4.79 Å². The van der Waals surface area contributed by atoms with E-state index in [0.29, 0.717) is 13.0 Å². The molecule has 138 valence electrons. The lowest BCUT2D eigenvalue weighted by Gasteiger charge is -2.27. The second kappa shape index (κ2) is 9.46. The highest BCUT2D eigenvalue weighted by Crippen LogP contribution is 2.10. The third kappa shape index (κ3) is 7.63. The molecule has 2 N–H and O–H groups in total. The van der Waals surface area contributed by atoms with E-state index in [2.05, 4.69) is 10.6 Å². The smallest absolute Gasteiger partial charge is 0.410 e. The van der Waals surface area contributed by atoms with Gasteiger partial charge in [-0.2, -0.15) is 0 Å². The van der Waals surface area contributed by atoms with Crippen molar-refractivity contribution in [3.05, 3.63) is 0 Å². The van der Waals surface area contributed by atoms with Crippen LogP contribution in [0.2, 0.25) is 0 Å². The predicted octanol–water partition coefficient (Wildman–Crippen LogP) is 0.655. The lowest BCUT2D eigenvalue weighted by Crippen LogP contribution is -2.50. The van der Waals surface area contributed by atoms with Crippen molar-refractivity contribution in [2.24, 2.45) is 0 Å². The third-order valence-corrected chi connectivity index (χ3v) is 3.42. The summed E-state index contributed by atoms with van der Waals surface area (Å²) < 4.78 is 10.3. The molecule has 1 fully saturated rings. The Morgan fingerprint density at radius 3 is 2.67 bits per heavy atom. The molecule has 0 aromatic heterocycles. The van der Waals surface area contributed by atoms with Crippen LogP contribution in [0.25, 0.3) is 0 Å². The number of carbonyl (C=O) groups excluding carboxylic acids is 3. The molecule has 8 heteroatoms. The van der Waals surface area contributed by atoms with Crippen molar-refractivity contribution >= 4 is 17.9 Å². The summed E-state index contributed by atoms with van der Waals surface area (Å²) >= 11 is 0. The normalized spacial score (nSPS) is 18.3. The molecule has 0 bridgehead atoms. The first kappa shape index (κ1) is 20.2. The van der Waals surface area contributed by atoms with Gasteiger partial charge in [-0.3, -0.25) is 14.5 Å². The number of hydrogen-bond acceptors (Lipinski definition) is 5. The molecule has 3 amide bonds. The van der Waals surface area contributed by atoms with Gasteiger partial charge in [-0.15, -0.1) is 0 Å². The van der Waals surface area contributed by atoms with E-state index in [0.717, 1.165) is 12.8 Å². The summed E-state index contributed by atoms with van der Waals surface area (Å²) in [5.41, 5.74) is -0.653. The van der Waals surface area contributed by atoms with Crippen molar-refractivity contribution in [1.29, 1.82) is 0 Å². The van der Waals surface area contributed by atoms with Gasteiger partial charge in [0.1, 0.15) is 18.2 Å². The molecule has 24 heavy (non-hydrogen) atoms. The molecule has 0 aromatic carbocycles. The average Bonchev–Trinajstić information content (AvgIpc) is 2.66. The van der Waals surface area contributed by atoms with Gasteiger partial charge in [0.15, 0.2) is 0 Å². The second-order valence-electron chi connectivity index (χ2n) is 6.80. The van der Waals surface area contributed by atoms with E-state index in [1.807, 2.05) is 0 Å². The Labute approximate surface area is 143 Å². The Bertz CT molecular complexity index is 447. The number of ether oxygens (including phenoxy) is 2. The number of methoxy groups -OCH3 is 1. The summed E-state index contributed by atoms with van der Waals surface area (Å²) in [6.07, 6.45) is 1.78. The van der Waals surface area contributed by atoms with Gasteiger partial charge in [0.05, 0.1) is 6.61 Å². The van der Waals surface area contributed by atoms with Crippen molar-refractivity contribution in [3.63, 3.8) is 0 Å². The van der Waals surface area contributed by atoms with Gasteiger partial charge in [-0.1, -0.05) is 0 Å². The maximum absolute atomic E-state index is 12.2. The summed E-state index contributed by atoms with van der Waals surface area (Å²) in [6.45, 7) is 6.25. The molecule has 8 nitrogen and oxygen atoms in total. The lowest BCUT2D eigenvalue weighted by atomic mass is 10.1. The van der Waals surface area contributed by atoms with Gasteiger partial charge in [-0.05, 0) is 40.0 Å². The van der Waals surface area contributed by atoms with Crippen molar-refractivity contribution in [1.82, 2.24) is 15.5 Å². The van der Waals surface area contributed by atoms with E-state index in [1.54, 1.807) is 20.8 Å². The number of nitrogens with zero attached hydrogens (tertiary/aromatic N) is 1. The summed E-state index contributed by atoms with van der Waals surface area (Å²) in [5.74, 6) is -0.569. The van der Waals surface area contributed by atoms with Crippen molar-refractivity contribution in [2.75, 3.05) is 33.4 Å². The highest BCUT2D eigenvalue weighted by molar-refractivity contribution is 5.89. The molecule has 1 saturated heterocycles. The van der Waals surface area contributed by atoms with Gasteiger partial charge in [0.2, 0.25) is 11.8 Å². The maximum Gasteiger partial charge on any atom is 0.410 e. The number of amides is 3. The fourth-order valence-corrected chi connectivity index (χ4v) is 2.25. The summed E-state index contributed by atoms with van der Waals surface area (Å²) in [7, 11) is 1.52. The molecule has 1 atom stereocenters. The van der Waals surface area contributed by atoms with Crippen LogP contribution in [0, 0.1) is 0 Å². The fourth-order valence-electron chi connectivity index (χ4n) is 2.25. The van der Waals surface area contributed by atoms with Crippen LogP contribution in [-0.2, 0) is 19.1 Å². The molecule has 0 spiro atoms. The average molecular weight is 343 g/mol. The Morgan fingerprint density at radius 2 is 2.04 bits per heavy atom. The van der Waals surface area contributed by atoms with E-state index < -0.39 is 17.7 Å². The quantitative estimate of drug-likeness (QED) is 0.738. The number of carbonyl (C=O) groups is 3. The standard InChI is InChI=1S/C16H29N3O5/c1-16(2,3)24-15(22)19(9-10-23-4)11-13(20)18-12-7-5-6-8-17-14(12)21/h12H,5-11H2,1-4H3,(H,17,21)(H,18,20)/t12-/m1/s1. The molecule has 1 aliphatic rings. The lowest BCUT2D eigenvalue weighted by molar-refractivity contribution is -0.129. The van der Waals surface area contributed by atoms with E-state index in [1.165, 1.54) is 12.0 Å². The van der Waals surface area contributed by atoms with Crippen LogP contribution in [0.15, 0.2) is 0 Å². The molecular weight excluding hydrogens is 314 g/mol. The molecule has 1 rings (SSSR count). The number of hydrogen-bond donors (Lipinski definition) is 2. The first-order chi connectivity index (χ1) is 11.2. The molecule has 0 radical (unpaired) electrons. The van der Waals surface area contributed by atoms with Crippen LogP contribution >= 0.6 is 0 Å². The van der Waals surface area contributed by atoms with E-state index in [4.69, 9.17) is 9.47 Å². The molecular formula is C16H29N3O5. The Hall–Kier alpha value is -1.83. The monoisotopic (exact) mass is 343 g/mol. The SMILES string of the molecule is COCCN(CC(=O)N[C@@H]1CCCCNC1=O)C(=O)OC(C)(C)C. The summed E-state index contributed by atoms with van der Waals surface area (Å²) in [6, 6.07) is -0.553. The van der Waals surface area contributed by atoms with Crippen LogP contribution in [0.3, 0.4) is 0 Å². The van der Waals surface area contributed by atoms with Crippen molar-refractivity contribution in [2.45, 2.75) is 51.7 Å². The van der Waals surface area contributed by atoms with Crippen molar-refractivity contribution in [3.8, 4) is 0 Å². The minimum absolute atomic E-state index is 0.179. The van der Waals surface area contributed by atoms with Crippen LogP contribution in [0.1, 0.15) is 40.0 Å². The highest BCUT2D eigenvalue weighted by atomic mass is 16.6. The van der Waals surface area contributed by atoms with E-state index in [-0.39, 0.29) is 31.5 Å². The number of nitrogens with one attached hydrogen (secondary N) is 2. The van der Waals surface area contributed by atoms with Crippen molar-refractivity contribution < 1.29 is 23.9 Å². The molecule has 0 aromatic rings. The summed E-state index contributed by atoms with van der Waals surface area (Å²) in [5, 5.41) is 5.45. The second-order valence-corrected chi connectivity index (χ2v) is 6.80. The Balaban J connectivity index is 2.62. The first-order valence-corrected chi connectivity index (χ1v) is 8.27. The minimum atomic E-state index is -0.653. The molecule has 0 unspecified atom stereocenters. The fraction of sp³-hybridized carbons (Fsp3) is 0.812. The zero-order valence-electron chi connectivity index (χ0n) is 15.0. The third-order valence-electron chi connectivity index (χ3n) is 3.42. The number of rotatable bonds is 6. The molecule has 0 aliphatic carbocycles. The molecule has 1 heterocycles. The topological polar surface area (TPSA) is 97.0 Å². The van der Waals surface area contributed by atoms with Gasteiger partial charge in [0.25, 0.3) is 0 Å². The van der Waals surface area contributed by atoms with Gasteiger partial charge >= 0.3 is 6.09 Å². The summed E-state index contributed by atoms with van der Waals surface area (Å²) in [4.78, 5) is 37.6. The predicted molar refractivity (Wildman–Crippen MR) is 88.5 cm³/mol.